The van der Waals surface area contributed by atoms with Crippen LogP contribution in [0.15, 0.2) is 12.1 Å². The minimum atomic E-state index is -0.789. The summed E-state index contributed by atoms with van der Waals surface area (Å²) in [5.41, 5.74) is 0.931. The Kier molecular flexibility index (Phi) is 2.42. The van der Waals surface area contributed by atoms with E-state index < -0.39 is 11.6 Å². The zero-order valence-electron chi connectivity index (χ0n) is 10.0. The second kappa shape index (κ2) is 3.42. The van der Waals surface area contributed by atoms with Crippen LogP contribution in [0.4, 0.5) is 14.5 Å². The van der Waals surface area contributed by atoms with E-state index in [9.17, 15) is 8.78 Å². The Hall–Kier alpha value is -1.16. The van der Waals surface area contributed by atoms with Crippen LogP contribution in [0.3, 0.4) is 0 Å². The van der Waals surface area contributed by atoms with E-state index in [0.717, 1.165) is 5.56 Å². The van der Waals surface area contributed by atoms with Crippen LogP contribution >= 0.6 is 0 Å². The Labute approximate surface area is 94.4 Å². The minimum absolute atomic E-state index is 0.269. The lowest BCUT2D eigenvalue weighted by atomic mass is 10.1. The van der Waals surface area contributed by atoms with E-state index >= 15 is 0 Å². The van der Waals surface area contributed by atoms with Crippen LogP contribution in [0.1, 0.15) is 26.3 Å². The molecule has 2 rings (SSSR count). The molecule has 2 nitrogen and oxygen atoms in total. The van der Waals surface area contributed by atoms with Crippen molar-refractivity contribution in [2.24, 2.45) is 0 Å². The SMILES string of the molecule is CN1Cc2ccc(F)c(F)c2N1C(C)(C)C. The molecule has 1 aliphatic heterocycles. The molecular formula is C12H16F2N2. The van der Waals surface area contributed by atoms with Gasteiger partial charge < -0.3 is 0 Å². The minimum Gasteiger partial charge on any atom is -0.297 e. The lowest BCUT2D eigenvalue weighted by molar-refractivity contribution is 0.250. The first-order valence-electron chi connectivity index (χ1n) is 5.30. The molecule has 1 aromatic carbocycles. The van der Waals surface area contributed by atoms with Crippen molar-refractivity contribution in [2.45, 2.75) is 32.9 Å². The molecule has 0 saturated carbocycles. The summed E-state index contributed by atoms with van der Waals surface area (Å²) >= 11 is 0. The number of anilines is 1. The van der Waals surface area contributed by atoms with Gasteiger partial charge in [-0.2, -0.15) is 0 Å². The number of rotatable bonds is 0. The molecule has 0 radical (unpaired) electrons. The molecule has 0 amide bonds. The summed E-state index contributed by atoms with van der Waals surface area (Å²) in [6, 6.07) is 2.84. The van der Waals surface area contributed by atoms with E-state index in [-0.39, 0.29) is 5.54 Å². The largest absolute Gasteiger partial charge is 0.297 e. The van der Waals surface area contributed by atoms with Crippen LogP contribution in [-0.4, -0.2) is 17.6 Å². The zero-order valence-corrected chi connectivity index (χ0v) is 10.0. The molecule has 0 spiro atoms. The third kappa shape index (κ3) is 1.57. The molecule has 0 fully saturated rings. The van der Waals surface area contributed by atoms with E-state index in [2.05, 4.69) is 0 Å². The van der Waals surface area contributed by atoms with Gasteiger partial charge in [0, 0.05) is 19.1 Å². The molecule has 0 aliphatic carbocycles. The molecule has 0 aromatic heterocycles. The van der Waals surface area contributed by atoms with Crippen molar-refractivity contribution in [1.29, 1.82) is 0 Å². The van der Waals surface area contributed by atoms with Gasteiger partial charge in [-0.3, -0.25) is 5.01 Å². The zero-order chi connectivity index (χ0) is 12.1. The Morgan fingerprint density at radius 2 is 1.81 bits per heavy atom. The van der Waals surface area contributed by atoms with Gasteiger partial charge in [-0.15, -0.1) is 0 Å². The third-order valence-corrected chi connectivity index (χ3v) is 2.74. The molecule has 1 aromatic rings. The van der Waals surface area contributed by atoms with Crippen LogP contribution in [0.25, 0.3) is 0 Å². The van der Waals surface area contributed by atoms with Crippen LogP contribution in [-0.2, 0) is 6.54 Å². The highest BCUT2D eigenvalue weighted by Crippen LogP contribution is 2.38. The van der Waals surface area contributed by atoms with Crippen molar-refractivity contribution in [3.8, 4) is 0 Å². The highest BCUT2D eigenvalue weighted by atomic mass is 19.2. The number of hydrogen-bond donors (Lipinski definition) is 0. The maximum absolute atomic E-state index is 13.8. The van der Waals surface area contributed by atoms with Crippen molar-refractivity contribution >= 4 is 5.69 Å². The molecule has 4 heteroatoms. The number of benzene rings is 1. The number of fused-ring (bicyclic) bond motifs is 1. The van der Waals surface area contributed by atoms with Crippen molar-refractivity contribution in [3.63, 3.8) is 0 Å². The summed E-state index contributed by atoms with van der Waals surface area (Å²) in [5, 5.41) is 3.72. The van der Waals surface area contributed by atoms with E-state index in [1.807, 2.05) is 32.8 Å². The van der Waals surface area contributed by atoms with E-state index in [4.69, 9.17) is 0 Å². The summed E-state index contributed by atoms with van der Waals surface area (Å²) < 4.78 is 27.1. The molecule has 0 bridgehead atoms. The molecule has 0 N–H and O–H groups in total. The fraction of sp³-hybridized carbons (Fsp3) is 0.500. The topological polar surface area (TPSA) is 6.48 Å². The van der Waals surface area contributed by atoms with Gasteiger partial charge in [0.25, 0.3) is 0 Å². The summed E-state index contributed by atoms with van der Waals surface area (Å²) in [7, 11) is 1.88. The Balaban J connectivity index is 2.59. The highest BCUT2D eigenvalue weighted by Gasteiger charge is 2.36. The van der Waals surface area contributed by atoms with Crippen LogP contribution in [0, 0.1) is 11.6 Å². The number of hydrogen-bond acceptors (Lipinski definition) is 2. The summed E-state index contributed by atoms with van der Waals surface area (Å²) in [5.74, 6) is -1.54. The lowest BCUT2D eigenvalue weighted by Gasteiger charge is -2.39. The van der Waals surface area contributed by atoms with Crippen molar-refractivity contribution in [1.82, 2.24) is 5.01 Å². The first kappa shape index (κ1) is 11.3. The van der Waals surface area contributed by atoms with Crippen LogP contribution in [0.2, 0.25) is 0 Å². The number of hydrazine groups is 1. The van der Waals surface area contributed by atoms with Gasteiger partial charge in [0.1, 0.15) is 0 Å². The average molecular weight is 226 g/mol. The quantitative estimate of drug-likeness (QED) is 0.671. The number of nitrogens with zero attached hydrogens (tertiary/aromatic N) is 2. The second-order valence-corrected chi connectivity index (χ2v) is 5.17. The molecule has 0 saturated heterocycles. The highest BCUT2D eigenvalue weighted by molar-refractivity contribution is 5.59. The predicted molar refractivity (Wildman–Crippen MR) is 60.1 cm³/mol. The monoisotopic (exact) mass is 226 g/mol. The summed E-state index contributed by atoms with van der Waals surface area (Å²) in [6.45, 7) is 6.54. The summed E-state index contributed by atoms with van der Waals surface area (Å²) in [4.78, 5) is 0. The Bertz CT molecular complexity index is 424. The van der Waals surface area contributed by atoms with E-state index in [1.54, 1.807) is 11.1 Å². The standard InChI is InChI=1S/C12H16F2N2/c1-12(2,3)16-11-8(7-15(16)4)5-6-9(13)10(11)14/h5-6H,7H2,1-4H3. The van der Waals surface area contributed by atoms with Crippen LogP contribution < -0.4 is 5.01 Å². The molecule has 0 unspecified atom stereocenters. The van der Waals surface area contributed by atoms with E-state index in [1.165, 1.54) is 6.07 Å². The first-order chi connectivity index (χ1) is 7.32. The van der Waals surface area contributed by atoms with Gasteiger partial charge >= 0.3 is 0 Å². The van der Waals surface area contributed by atoms with Gasteiger partial charge in [0.15, 0.2) is 11.6 Å². The fourth-order valence-corrected chi connectivity index (χ4v) is 2.27. The smallest absolute Gasteiger partial charge is 0.183 e. The third-order valence-electron chi connectivity index (χ3n) is 2.74. The maximum Gasteiger partial charge on any atom is 0.183 e. The van der Waals surface area contributed by atoms with Crippen molar-refractivity contribution < 1.29 is 8.78 Å². The van der Waals surface area contributed by atoms with E-state index in [0.29, 0.717) is 12.2 Å². The van der Waals surface area contributed by atoms with Gasteiger partial charge in [-0.05, 0) is 32.4 Å². The number of halogens is 2. The normalized spacial score (nSPS) is 16.8. The molecule has 1 heterocycles. The van der Waals surface area contributed by atoms with Crippen molar-refractivity contribution in [3.05, 3.63) is 29.3 Å². The average Bonchev–Trinajstić information content (AvgIpc) is 2.48. The molecule has 16 heavy (non-hydrogen) atoms. The lowest BCUT2D eigenvalue weighted by Crippen LogP contribution is -2.48. The predicted octanol–water partition coefficient (Wildman–Crippen LogP) is 2.93. The van der Waals surface area contributed by atoms with Crippen LogP contribution in [0.5, 0.6) is 0 Å². The molecule has 1 aliphatic rings. The van der Waals surface area contributed by atoms with Crippen molar-refractivity contribution in [2.75, 3.05) is 12.1 Å². The molecule has 0 atom stereocenters. The Morgan fingerprint density at radius 3 is 2.38 bits per heavy atom. The van der Waals surface area contributed by atoms with Gasteiger partial charge in [-0.1, -0.05) is 6.07 Å². The second-order valence-electron chi connectivity index (χ2n) is 5.17. The van der Waals surface area contributed by atoms with Gasteiger partial charge in [-0.25, -0.2) is 13.8 Å². The fourth-order valence-electron chi connectivity index (χ4n) is 2.27. The first-order valence-corrected chi connectivity index (χ1v) is 5.30. The molecular weight excluding hydrogens is 210 g/mol. The van der Waals surface area contributed by atoms with Gasteiger partial charge in [0.05, 0.1) is 5.69 Å². The molecule has 88 valence electrons. The Morgan fingerprint density at radius 1 is 1.19 bits per heavy atom. The summed E-state index contributed by atoms with van der Waals surface area (Å²) in [6.07, 6.45) is 0. The maximum atomic E-state index is 13.8. The van der Waals surface area contributed by atoms with Gasteiger partial charge in [0.2, 0.25) is 0 Å².